The molecule has 0 N–H and O–H groups in total. The van der Waals surface area contributed by atoms with Crippen molar-refractivity contribution in [3.63, 3.8) is 0 Å². The second-order valence-electron chi connectivity index (χ2n) is 10.0. The molecule has 5 rings (SSSR count). The number of halogens is 1. The Morgan fingerprint density at radius 3 is 2.49 bits per heavy atom. The van der Waals surface area contributed by atoms with Gasteiger partial charge in [-0.15, -0.1) is 0 Å². The Labute approximate surface area is 208 Å². The topological polar surface area (TPSA) is 27.0 Å². The second kappa shape index (κ2) is 10.6. The molecule has 2 aliphatic rings. The van der Waals surface area contributed by atoms with E-state index in [0.29, 0.717) is 12.3 Å². The molecule has 3 heteroatoms. The van der Waals surface area contributed by atoms with Crippen LogP contribution in [0.1, 0.15) is 58.2 Å². The maximum Gasteiger partial charge on any atom is 0.100 e. The first-order chi connectivity index (χ1) is 17.2. The van der Waals surface area contributed by atoms with Crippen molar-refractivity contribution in [2.45, 2.75) is 39.0 Å². The van der Waals surface area contributed by atoms with Crippen LogP contribution in [-0.4, -0.2) is 31.2 Å². The molecule has 0 bridgehead atoms. The highest BCUT2D eigenvalue weighted by Crippen LogP contribution is 2.41. The molecule has 1 aliphatic carbocycles. The van der Waals surface area contributed by atoms with E-state index in [9.17, 15) is 9.65 Å². The van der Waals surface area contributed by atoms with E-state index >= 15 is 0 Å². The first kappa shape index (κ1) is 23.5. The Morgan fingerprint density at radius 1 is 0.943 bits per heavy atom. The zero-order valence-corrected chi connectivity index (χ0v) is 20.6. The van der Waals surface area contributed by atoms with Crippen LogP contribution < -0.4 is 0 Å². The summed E-state index contributed by atoms with van der Waals surface area (Å²) in [5.41, 5.74) is 10.7. The molecule has 0 amide bonds. The largest absolute Gasteiger partial charge is 0.303 e. The van der Waals surface area contributed by atoms with Gasteiger partial charge >= 0.3 is 0 Å². The second-order valence-corrected chi connectivity index (χ2v) is 10.0. The fourth-order valence-corrected chi connectivity index (χ4v) is 5.80. The van der Waals surface area contributed by atoms with Crippen LogP contribution in [0.5, 0.6) is 0 Å². The first-order valence-corrected chi connectivity index (χ1v) is 12.9. The predicted molar refractivity (Wildman–Crippen MR) is 142 cm³/mol. The minimum Gasteiger partial charge on any atom is -0.303 e. The van der Waals surface area contributed by atoms with Gasteiger partial charge < -0.3 is 4.90 Å². The molecular formula is C32H33FN2. The van der Waals surface area contributed by atoms with E-state index in [2.05, 4.69) is 71.6 Å². The fourth-order valence-electron chi connectivity index (χ4n) is 5.80. The number of benzene rings is 3. The summed E-state index contributed by atoms with van der Waals surface area (Å²) in [4.78, 5) is 2.35. The zero-order valence-electron chi connectivity index (χ0n) is 20.6. The molecule has 35 heavy (non-hydrogen) atoms. The lowest BCUT2D eigenvalue weighted by Gasteiger charge is -2.39. The summed E-state index contributed by atoms with van der Waals surface area (Å²) >= 11 is 0. The number of nitriles is 1. The average molecular weight is 465 g/mol. The van der Waals surface area contributed by atoms with Crippen LogP contribution in [-0.2, 0) is 12.8 Å². The van der Waals surface area contributed by atoms with Gasteiger partial charge in [0.25, 0.3) is 0 Å². The van der Waals surface area contributed by atoms with Crippen LogP contribution in [0.2, 0.25) is 0 Å². The molecule has 0 unspecified atom stereocenters. The fraction of sp³-hybridized carbons (Fsp3) is 0.344. The Morgan fingerprint density at radius 2 is 1.71 bits per heavy atom. The van der Waals surface area contributed by atoms with Crippen molar-refractivity contribution in [1.29, 1.82) is 5.26 Å². The van der Waals surface area contributed by atoms with Crippen LogP contribution in [0, 0.1) is 24.2 Å². The van der Waals surface area contributed by atoms with Crippen molar-refractivity contribution in [1.82, 2.24) is 4.90 Å². The number of hydrogen-bond acceptors (Lipinski definition) is 2. The highest BCUT2D eigenvalue weighted by atomic mass is 19.1. The van der Waals surface area contributed by atoms with Gasteiger partial charge in [-0.3, -0.25) is 4.39 Å². The molecule has 0 saturated carbocycles. The molecule has 1 aliphatic heterocycles. The van der Waals surface area contributed by atoms with Crippen molar-refractivity contribution in [3.05, 3.63) is 106 Å². The van der Waals surface area contributed by atoms with Crippen molar-refractivity contribution in [2.75, 3.05) is 26.3 Å². The third-order valence-corrected chi connectivity index (χ3v) is 7.58. The average Bonchev–Trinajstić information content (AvgIpc) is 3.05. The minimum atomic E-state index is -0.220. The monoisotopic (exact) mass is 464 g/mol. The van der Waals surface area contributed by atoms with Crippen LogP contribution in [0.4, 0.5) is 4.39 Å². The van der Waals surface area contributed by atoms with Crippen molar-refractivity contribution < 1.29 is 4.39 Å². The minimum absolute atomic E-state index is 0.220. The lowest BCUT2D eigenvalue weighted by Crippen LogP contribution is -2.47. The number of allylic oxidation sites excluding steroid dienone is 1. The predicted octanol–water partition coefficient (Wildman–Crippen LogP) is 7.00. The molecule has 2 nitrogen and oxygen atoms in total. The summed E-state index contributed by atoms with van der Waals surface area (Å²) in [5.74, 6) is 0.666. The molecule has 0 aromatic heterocycles. The maximum absolute atomic E-state index is 12.4. The van der Waals surface area contributed by atoms with Crippen LogP contribution in [0.3, 0.4) is 0 Å². The summed E-state index contributed by atoms with van der Waals surface area (Å²) in [6, 6.07) is 26.6. The van der Waals surface area contributed by atoms with Crippen LogP contribution >= 0.6 is 0 Å². The van der Waals surface area contributed by atoms with Gasteiger partial charge in [-0.1, -0.05) is 66.7 Å². The number of hydrogen-bond donors (Lipinski definition) is 0. The highest BCUT2D eigenvalue weighted by molar-refractivity contribution is 6.00. The third kappa shape index (κ3) is 4.95. The van der Waals surface area contributed by atoms with E-state index in [1.165, 1.54) is 33.4 Å². The molecular weight excluding hydrogens is 431 g/mol. The normalized spacial score (nSPS) is 16.4. The molecule has 0 radical (unpaired) electrons. The van der Waals surface area contributed by atoms with E-state index in [4.69, 9.17) is 0 Å². The molecule has 0 atom stereocenters. The standard InChI is InChI=1S/C32H33FN2/c1-23-7-4-11-29(31(23)20-34)30-12-5-9-26-8-2-3-10-28(26)32(30)27-15-13-24(14-16-27)19-25-21-35(22-25)18-6-17-33/h2-4,7-8,10-11,13-16,25H,5-6,9,12,17-19,21-22H2,1H3. The third-order valence-electron chi connectivity index (χ3n) is 7.58. The van der Waals surface area contributed by atoms with Gasteiger partial charge in [0.1, 0.15) is 6.07 Å². The number of rotatable bonds is 7. The Bertz CT molecular complexity index is 1260. The maximum atomic E-state index is 12.4. The van der Waals surface area contributed by atoms with Gasteiger partial charge in [0.05, 0.1) is 12.2 Å². The van der Waals surface area contributed by atoms with E-state index in [-0.39, 0.29) is 6.67 Å². The molecule has 0 spiro atoms. The van der Waals surface area contributed by atoms with Crippen molar-refractivity contribution in [3.8, 4) is 6.07 Å². The summed E-state index contributed by atoms with van der Waals surface area (Å²) in [6.45, 7) is 4.85. The van der Waals surface area contributed by atoms with E-state index in [1.807, 2.05) is 13.0 Å². The summed E-state index contributed by atoms with van der Waals surface area (Å²) in [6.07, 6.45) is 4.81. The van der Waals surface area contributed by atoms with Gasteiger partial charge in [0, 0.05) is 19.6 Å². The Hall–Kier alpha value is -3.22. The van der Waals surface area contributed by atoms with E-state index < -0.39 is 0 Å². The highest BCUT2D eigenvalue weighted by Gasteiger charge is 2.26. The van der Waals surface area contributed by atoms with Gasteiger partial charge in [-0.2, -0.15) is 5.26 Å². The first-order valence-electron chi connectivity index (χ1n) is 12.9. The lowest BCUT2D eigenvalue weighted by atomic mass is 9.85. The number of alkyl halides is 1. The van der Waals surface area contributed by atoms with Gasteiger partial charge in [-0.05, 0) is 89.5 Å². The summed E-state index contributed by atoms with van der Waals surface area (Å²) in [7, 11) is 0. The molecule has 1 heterocycles. The van der Waals surface area contributed by atoms with Crippen molar-refractivity contribution in [2.24, 2.45) is 5.92 Å². The lowest BCUT2D eigenvalue weighted by molar-refractivity contribution is 0.0968. The number of likely N-dealkylation sites (tertiary alicyclic amines) is 1. The van der Waals surface area contributed by atoms with Crippen LogP contribution in [0.25, 0.3) is 11.1 Å². The molecule has 1 saturated heterocycles. The Balaban J connectivity index is 1.50. The van der Waals surface area contributed by atoms with E-state index in [1.54, 1.807) is 0 Å². The number of fused-ring (bicyclic) bond motifs is 1. The number of nitrogens with zero attached hydrogens (tertiary/aromatic N) is 2. The zero-order chi connectivity index (χ0) is 24.2. The number of aryl methyl sites for hydroxylation is 2. The molecule has 3 aromatic rings. The van der Waals surface area contributed by atoms with Gasteiger partial charge in [-0.25, -0.2) is 0 Å². The van der Waals surface area contributed by atoms with Gasteiger partial charge in [0.15, 0.2) is 0 Å². The molecule has 3 aromatic carbocycles. The van der Waals surface area contributed by atoms with Crippen molar-refractivity contribution >= 4 is 11.1 Å². The van der Waals surface area contributed by atoms with E-state index in [0.717, 1.165) is 62.0 Å². The van der Waals surface area contributed by atoms with Gasteiger partial charge in [0.2, 0.25) is 0 Å². The SMILES string of the molecule is Cc1cccc(C2=C(c3ccc(CC4CN(CCCF)C4)cc3)c3ccccc3CCC2)c1C#N. The summed E-state index contributed by atoms with van der Waals surface area (Å²) < 4.78 is 12.4. The molecule has 178 valence electrons. The quantitative estimate of drug-likeness (QED) is 0.377. The smallest absolute Gasteiger partial charge is 0.100 e. The summed E-state index contributed by atoms with van der Waals surface area (Å²) in [5, 5.41) is 9.97. The molecule has 1 fully saturated rings. The Kier molecular flexibility index (Phi) is 7.11. The van der Waals surface area contributed by atoms with Crippen LogP contribution in [0.15, 0.2) is 66.7 Å².